The predicted molar refractivity (Wildman–Crippen MR) is 449 cm³/mol. The van der Waals surface area contributed by atoms with Gasteiger partial charge in [-0.2, -0.15) is 0 Å². The van der Waals surface area contributed by atoms with Gasteiger partial charge in [0.2, 0.25) is 59.1 Å². The summed E-state index contributed by atoms with van der Waals surface area (Å²) >= 11 is 0. The summed E-state index contributed by atoms with van der Waals surface area (Å²) in [6.45, 7) is 49.3. The van der Waals surface area contributed by atoms with Gasteiger partial charge in [0.1, 0.15) is 82.6 Å². The number of nitrogens with one attached hydrogen (secondary N) is 14. The summed E-state index contributed by atoms with van der Waals surface area (Å²) < 4.78 is 0. The van der Waals surface area contributed by atoms with Gasteiger partial charge in [0.25, 0.3) is 23.6 Å². The molecule has 0 heterocycles. The van der Waals surface area contributed by atoms with Crippen LogP contribution in [-0.4, -0.2) is 207 Å². The van der Waals surface area contributed by atoms with Crippen molar-refractivity contribution >= 4 is 88.5 Å². The van der Waals surface area contributed by atoms with Crippen LogP contribution in [-0.2, 0) is 71.9 Å². The smallest absolute Gasteiger partial charge is 0.268 e. The molecule has 0 saturated heterocycles. The van der Waals surface area contributed by atoms with Gasteiger partial charge in [0, 0.05) is 18.5 Å². The Morgan fingerprint density at radius 1 is 0.359 bits per heavy atom. The molecule has 0 bridgehead atoms. The average molecular weight is 1660 g/mol. The zero-order valence-electron chi connectivity index (χ0n) is 76.2. The van der Waals surface area contributed by atoms with E-state index in [0.717, 1.165) is 0 Å². The number of nitrogens with zero attached hydrogens (tertiary/aromatic N) is 1. The normalized spacial score (nSPS) is 16.3. The highest BCUT2D eigenvalue weighted by Crippen LogP contribution is 2.28. The molecular weight excluding hydrogens is 1510 g/mol. The van der Waals surface area contributed by atoms with Crippen LogP contribution in [0.25, 0.3) is 0 Å². The van der Waals surface area contributed by atoms with E-state index in [1.807, 2.05) is 46.7 Å². The average Bonchev–Trinajstić information content (AvgIpc) is 0.809. The summed E-state index contributed by atoms with van der Waals surface area (Å²) in [5, 5.41) is 71.1. The molecule has 14 amide bonds. The summed E-state index contributed by atoms with van der Waals surface area (Å²) in [7, 11) is 3.75. The third kappa shape index (κ3) is 33.4. The fourth-order valence-electron chi connectivity index (χ4n) is 12.0. The largest absolute Gasteiger partial charge is 0.388 e. The first-order valence-corrected chi connectivity index (χ1v) is 40.9. The van der Waals surface area contributed by atoms with Crippen LogP contribution in [0, 0.1) is 46.8 Å². The lowest BCUT2D eigenvalue weighted by atomic mass is 9.78. The lowest BCUT2D eigenvalue weighted by molar-refractivity contribution is -0.147. The second-order valence-electron chi connectivity index (χ2n) is 35.2. The fraction of sp³-hybridized carbons (Fsp3) is 0.726. The lowest BCUT2D eigenvalue weighted by Gasteiger charge is -2.35. The summed E-state index contributed by atoms with van der Waals surface area (Å²) in [4.78, 5) is 214. The van der Waals surface area contributed by atoms with Crippen molar-refractivity contribution in [1.29, 1.82) is 0 Å². The number of Topliss-reactive ketones (excluding diaryl/α,β-unsaturated/α-hetero) is 1. The van der Waals surface area contributed by atoms with Gasteiger partial charge in [-0.15, -0.1) is 0 Å². The Balaban J connectivity index is 6.94. The summed E-state index contributed by atoms with van der Waals surface area (Å²) in [5.74, 6) is -15.9. The first-order valence-electron chi connectivity index (χ1n) is 40.9. The first-order chi connectivity index (χ1) is 53.5. The molecule has 0 aliphatic rings. The van der Waals surface area contributed by atoms with Crippen LogP contribution < -0.4 is 74.4 Å². The Hall–Kier alpha value is -8.95. The van der Waals surface area contributed by atoms with E-state index in [1.54, 1.807) is 118 Å². The third-order valence-corrected chi connectivity index (χ3v) is 20.8. The predicted octanol–water partition coefficient (Wildman–Crippen LogP) is 3.90. The maximum Gasteiger partial charge on any atom is 0.268 e. The number of hydrogen-bond acceptors (Lipinski definition) is 19. The topological polar surface area (TPSA) is 488 Å². The minimum atomic E-state index is -2.15. The molecule has 13 atom stereocenters. The summed E-state index contributed by atoms with van der Waals surface area (Å²) in [6, 6.07) is -14.0. The fourth-order valence-corrected chi connectivity index (χ4v) is 12.0. The highest BCUT2D eigenvalue weighted by Gasteiger charge is 2.47. The van der Waals surface area contributed by atoms with Crippen LogP contribution in [0.2, 0.25) is 0 Å². The second kappa shape index (κ2) is 47.6. The molecule has 117 heavy (non-hydrogen) atoms. The van der Waals surface area contributed by atoms with Crippen molar-refractivity contribution in [3.05, 3.63) is 45.1 Å². The van der Waals surface area contributed by atoms with Crippen molar-refractivity contribution < 1.29 is 87.2 Å². The first kappa shape index (κ1) is 108. The molecule has 0 rings (SSSR count). The number of carbonyl (C=O) groups excluding carboxylic acids is 15. The summed E-state index contributed by atoms with van der Waals surface area (Å²) in [6.07, 6.45) is 1.24. The molecule has 0 fully saturated rings. The van der Waals surface area contributed by atoms with Crippen LogP contribution in [0.3, 0.4) is 0 Å². The van der Waals surface area contributed by atoms with Crippen LogP contribution in [0.4, 0.5) is 0 Å². The molecule has 0 aromatic heterocycles. The van der Waals surface area contributed by atoms with Crippen molar-refractivity contribution in [1.82, 2.24) is 79.3 Å². The third-order valence-electron chi connectivity index (χ3n) is 20.8. The Morgan fingerprint density at radius 3 is 1.08 bits per heavy atom. The number of ketones is 1. The van der Waals surface area contributed by atoms with E-state index in [-0.39, 0.29) is 78.4 Å². The number of amides is 14. The van der Waals surface area contributed by atoms with E-state index in [1.165, 1.54) is 69.2 Å². The van der Waals surface area contributed by atoms with Crippen molar-refractivity contribution in [2.75, 3.05) is 20.6 Å². The maximum absolute atomic E-state index is 14.6. The number of rotatable bonds is 47. The standard InChI is InChI=1S/C84H147N15O18/c1-34-47(18)59(73(107)85-52(23)67(101)88-56(44(12)13)70(104)90-57(45(14)15)71(105)89-55(43(10)11)69(103)87-54(42(8)9)40-99(32)33)94-77(111)63(82(27,28)115)97-78(112)64(83(29,30)116)96-76(110)62(50(21)37-4)93-72(106)58(46(16)17)91-75(109)61(49(20)36-3)92-68(102)53(24)86-74(108)60(48(19)35-2)95-79(113)65(84(31,117)38-5)98-80(114)81(25,26)66(100)51(22)39-41(6)7/h41-42,44-46,50-54,56-58,62-65,115-117H,34-40H2,1-33H3,(H,85,107)(H,86,108)(H,87,103)(H,88,101)(H,89,105)(H,90,104)(H,91,109)(H,92,102)(H,93,106)(H,94,111)(H,95,113)(H,96,110)(H,97,112)(H,98,114)/b59-47+,60-48-,61-49+/t50-,51-,52-,53-,54-,56+,57-,58+,62?,63+,64-,65+,84+/m0/s1. The molecule has 0 aromatic rings. The Bertz CT molecular complexity index is 3660. The van der Waals surface area contributed by atoms with E-state index in [9.17, 15) is 87.2 Å². The molecule has 0 saturated carbocycles. The Morgan fingerprint density at radius 2 is 0.701 bits per heavy atom. The molecule has 17 N–H and O–H groups in total. The Labute approximate surface area is 695 Å². The van der Waals surface area contributed by atoms with Gasteiger partial charge in [-0.1, -0.05) is 124 Å². The molecule has 33 nitrogen and oxygen atoms in total. The molecule has 0 aliphatic carbocycles. The molecule has 0 aliphatic heterocycles. The van der Waals surface area contributed by atoms with E-state index in [0.29, 0.717) is 29.7 Å². The number of carbonyl (C=O) groups is 15. The van der Waals surface area contributed by atoms with Gasteiger partial charge >= 0.3 is 0 Å². The van der Waals surface area contributed by atoms with Crippen LogP contribution >= 0.6 is 0 Å². The van der Waals surface area contributed by atoms with Gasteiger partial charge in [0.05, 0.1) is 16.8 Å². The van der Waals surface area contributed by atoms with E-state index < -0.39 is 195 Å². The number of aliphatic hydroxyl groups is 3. The lowest BCUT2D eigenvalue weighted by Crippen LogP contribution is -2.66. The van der Waals surface area contributed by atoms with Crippen molar-refractivity contribution in [3.63, 3.8) is 0 Å². The highest BCUT2D eigenvalue weighted by molar-refractivity contribution is 6.09. The van der Waals surface area contributed by atoms with Crippen LogP contribution in [0.1, 0.15) is 253 Å². The molecule has 1 unspecified atom stereocenters. The minimum absolute atomic E-state index is 0.0135. The van der Waals surface area contributed by atoms with Gasteiger partial charge in [-0.25, -0.2) is 0 Å². The van der Waals surface area contributed by atoms with Crippen LogP contribution in [0.15, 0.2) is 45.1 Å². The molecule has 666 valence electrons. The molecule has 0 spiro atoms. The summed E-state index contributed by atoms with van der Waals surface area (Å²) in [5.41, 5.74) is -7.37. The minimum Gasteiger partial charge on any atom is -0.388 e. The Kier molecular flexibility index (Phi) is 44.0. The van der Waals surface area contributed by atoms with Gasteiger partial charge in [-0.3, -0.25) is 71.9 Å². The number of allylic oxidation sites excluding steroid dienone is 4. The maximum atomic E-state index is 14.6. The van der Waals surface area contributed by atoms with Crippen molar-refractivity contribution in [2.24, 2.45) is 46.8 Å². The molecule has 0 aromatic carbocycles. The molecular formula is C84H147N15O18. The van der Waals surface area contributed by atoms with E-state index in [2.05, 4.69) is 74.4 Å². The van der Waals surface area contributed by atoms with Crippen molar-refractivity contribution in [2.45, 2.75) is 330 Å². The second-order valence-corrected chi connectivity index (χ2v) is 35.2. The van der Waals surface area contributed by atoms with Gasteiger partial charge in [0.15, 0.2) is 5.78 Å². The molecule has 0 radical (unpaired) electrons. The van der Waals surface area contributed by atoms with Crippen LogP contribution in [0.5, 0.6) is 0 Å². The zero-order chi connectivity index (χ0) is 91.5. The van der Waals surface area contributed by atoms with Crippen molar-refractivity contribution in [3.8, 4) is 0 Å². The zero-order valence-corrected chi connectivity index (χ0v) is 76.2. The quantitative estimate of drug-likeness (QED) is 0.0303. The number of likely N-dealkylation sites (N-methyl/N-ethyl adjacent to an activating group) is 1. The SMILES string of the molecule is CC/C(C)=C(\NC(=O)[C@@H](NC(=O)C(C)(C)C(=O)[C@@H](C)CC(C)C)[C@](C)(O)CC)C(=O)N[C@@H](C)C(=O)N/C(C(=O)N[C@@H](C(=O)NC(C(=O)N[C@@H](C(=O)N[C@H](C(=O)N/C(C(=O)N[C@@H](C)C(=O)N[C@@H](C(=O)N[C@H](C(=O)NC(C(=O)N[C@@H](CN(C)C)C(C)C)=C(C)C)C(C)C)C(C)C)=C(\C)CC)C(C)(C)O)C(C)(C)O)[C@@H](C)CC)C(C)C)=C(\C)CC. The van der Waals surface area contributed by atoms with E-state index >= 15 is 0 Å². The highest BCUT2D eigenvalue weighted by atomic mass is 16.3. The molecule has 33 heteroatoms. The number of hydrogen-bond donors (Lipinski definition) is 17. The van der Waals surface area contributed by atoms with E-state index in [4.69, 9.17) is 0 Å². The van der Waals surface area contributed by atoms with Gasteiger partial charge in [-0.05, 0) is 201 Å². The van der Waals surface area contributed by atoms with Gasteiger partial charge < -0.3 is 94.7 Å². The monoisotopic (exact) mass is 1650 g/mol.